The van der Waals surface area contributed by atoms with E-state index in [2.05, 4.69) is 31.1 Å². The molecule has 0 amide bonds. The lowest BCUT2D eigenvalue weighted by Crippen LogP contribution is -2.25. The second-order valence-electron chi connectivity index (χ2n) is 6.52. The minimum Gasteiger partial charge on any atom is -0.490 e. The van der Waals surface area contributed by atoms with Gasteiger partial charge in [0.05, 0.1) is 6.10 Å². The van der Waals surface area contributed by atoms with Crippen molar-refractivity contribution >= 4 is 0 Å². The Kier molecular flexibility index (Phi) is 5.84. The summed E-state index contributed by atoms with van der Waals surface area (Å²) in [6.45, 7) is 8.62. The highest BCUT2D eigenvalue weighted by atomic mass is 16.5. The zero-order valence-corrected chi connectivity index (χ0v) is 13.1. The van der Waals surface area contributed by atoms with Gasteiger partial charge in [0, 0.05) is 24.5 Å². The molecule has 0 aromatic carbocycles. The molecule has 1 heterocycles. The van der Waals surface area contributed by atoms with Gasteiger partial charge in [0.1, 0.15) is 5.75 Å². The van der Waals surface area contributed by atoms with Gasteiger partial charge in [-0.05, 0) is 43.7 Å². The Morgan fingerprint density at radius 2 is 2.25 bits per heavy atom. The average molecular weight is 276 g/mol. The summed E-state index contributed by atoms with van der Waals surface area (Å²) in [4.78, 5) is 4.23. The lowest BCUT2D eigenvalue weighted by atomic mass is 9.88. The number of aromatic nitrogens is 1. The molecule has 0 bridgehead atoms. The van der Waals surface area contributed by atoms with Crippen LogP contribution in [0.4, 0.5) is 0 Å². The summed E-state index contributed by atoms with van der Waals surface area (Å²) in [5.74, 6) is 2.46. The summed E-state index contributed by atoms with van der Waals surface area (Å²) < 4.78 is 6.23. The summed E-state index contributed by atoms with van der Waals surface area (Å²) in [7, 11) is 0. The SMILES string of the molecule is CC(C)CNCc1cnccc1OC1CCCC(C)C1. The van der Waals surface area contributed by atoms with Crippen molar-refractivity contribution in [1.29, 1.82) is 0 Å². The van der Waals surface area contributed by atoms with Gasteiger partial charge in [0.2, 0.25) is 0 Å². The summed E-state index contributed by atoms with van der Waals surface area (Å²) in [5.41, 5.74) is 1.17. The first kappa shape index (κ1) is 15.3. The van der Waals surface area contributed by atoms with E-state index in [1.165, 1.54) is 31.2 Å². The van der Waals surface area contributed by atoms with Crippen molar-refractivity contribution in [1.82, 2.24) is 10.3 Å². The van der Waals surface area contributed by atoms with Crippen molar-refractivity contribution in [3.8, 4) is 5.75 Å². The van der Waals surface area contributed by atoms with Crippen molar-refractivity contribution in [2.45, 2.75) is 59.1 Å². The lowest BCUT2D eigenvalue weighted by molar-refractivity contribution is 0.127. The minimum atomic E-state index is 0.380. The molecule has 112 valence electrons. The van der Waals surface area contributed by atoms with E-state index in [1.807, 2.05) is 18.5 Å². The molecule has 1 aromatic heterocycles. The Labute approximate surface area is 123 Å². The minimum absolute atomic E-state index is 0.380. The van der Waals surface area contributed by atoms with Crippen LogP contribution in [-0.4, -0.2) is 17.6 Å². The Hall–Kier alpha value is -1.09. The molecule has 3 nitrogen and oxygen atoms in total. The fraction of sp³-hybridized carbons (Fsp3) is 0.706. The third-order valence-electron chi connectivity index (χ3n) is 3.91. The molecule has 1 N–H and O–H groups in total. The summed E-state index contributed by atoms with van der Waals surface area (Å²) in [6.07, 6.45) is 9.14. The predicted octanol–water partition coefficient (Wildman–Crippen LogP) is 3.78. The highest BCUT2D eigenvalue weighted by molar-refractivity contribution is 5.30. The van der Waals surface area contributed by atoms with Crippen LogP contribution in [0.25, 0.3) is 0 Å². The first-order chi connectivity index (χ1) is 9.65. The number of pyridine rings is 1. The van der Waals surface area contributed by atoms with Crippen LogP contribution >= 0.6 is 0 Å². The largest absolute Gasteiger partial charge is 0.490 e. The molecule has 2 atom stereocenters. The Bertz CT molecular complexity index is 406. The van der Waals surface area contributed by atoms with Gasteiger partial charge in [0.15, 0.2) is 0 Å². The van der Waals surface area contributed by atoms with Crippen LogP contribution in [0.15, 0.2) is 18.5 Å². The van der Waals surface area contributed by atoms with Crippen LogP contribution in [0, 0.1) is 11.8 Å². The van der Waals surface area contributed by atoms with Crippen LogP contribution in [-0.2, 0) is 6.54 Å². The van der Waals surface area contributed by atoms with Gasteiger partial charge in [-0.3, -0.25) is 4.98 Å². The number of rotatable bonds is 6. The molecule has 1 saturated carbocycles. The van der Waals surface area contributed by atoms with Crippen LogP contribution in [0.2, 0.25) is 0 Å². The van der Waals surface area contributed by atoms with Crippen LogP contribution in [0.1, 0.15) is 52.0 Å². The number of hydrogen-bond acceptors (Lipinski definition) is 3. The molecule has 0 spiro atoms. The molecule has 1 fully saturated rings. The van der Waals surface area contributed by atoms with E-state index >= 15 is 0 Å². The van der Waals surface area contributed by atoms with Gasteiger partial charge in [-0.2, -0.15) is 0 Å². The van der Waals surface area contributed by atoms with E-state index in [1.54, 1.807) is 0 Å². The van der Waals surface area contributed by atoms with Gasteiger partial charge in [0.25, 0.3) is 0 Å². The molecule has 3 heteroatoms. The van der Waals surface area contributed by atoms with Crippen LogP contribution in [0.3, 0.4) is 0 Å². The van der Waals surface area contributed by atoms with Crippen molar-refractivity contribution in [2.24, 2.45) is 11.8 Å². The average Bonchev–Trinajstić information content (AvgIpc) is 2.40. The van der Waals surface area contributed by atoms with Gasteiger partial charge in [-0.15, -0.1) is 0 Å². The van der Waals surface area contributed by atoms with Crippen LogP contribution in [0.5, 0.6) is 5.75 Å². The standard InChI is InChI=1S/C17H28N2O/c1-13(2)10-19-12-15-11-18-8-7-17(15)20-16-6-4-5-14(3)9-16/h7-8,11,13-14,16,19H,4-6,9-10,12H2,1-3H3. The van der Waals surface area contributed by atoms with E-state index in [0.29, 0.717) is 12.0 Å². The molecule has 1 aliphatic rings. The Balaban J connectivity index is 1.93. The van der Waals surface area contributed by atoms with E-state index < -0.39 is 0 Å². The van der Waals surface area contributed by atoms with E-state index in [9.17, 15) is 0 Å². The molecule has 0 saturated heterocycles. The second kappa shape index (κ2) is 7.63. The first-order valence-electron chi connectivity index (χ1n) is 7.95. The fourth-order valence-electron chi connectivity index (χ4n) is 2.82. The van der Waals surface area contributed by atoms with E-state index in [0.717, 1.165) is 24.8 Å². The smallest absolute Gasteiger partial charge is 0.127 e. The van der Waals surface area contributed by atoms with Gasteiger partial charge in [-0.1, -0.05) is 27.2 Å². The summed E-state index contributed by atoms with van der Waals surface area (Å²) in [6, 6.07) is 2.01. The maximum atomic E-state index is 6.23. The maximum Gasteiger partial charge on any atom is 0.127 e. The molecule has 20 heavy (non-hydrogen) atoms. The van der Waals surface area contributed by atoms with Crippen molar-refractivity contribution < 1.29 is 4.74 Å². The Morgan fingerprint density at radius 1 is 1.40 bits per heavy atom. The van der Waals surface area contributed by atoms with Crippen LogP contribution < -0.4 is 10.1 Å². The van der Waals surface area contributed by atoms with Crippen molar-refractivity contribution in [3.63, 3.8) is 0 Å². The van der Waals surface area contributed by atoms with Gasteiger partial charge >= 0.3 is 0 Å². The lowest BCUT2D eigenvalue weighted by Gasteiger charge is -2.28. The molecule has 1 aliphatic carbocycles. The number of ether oxygens (including phenoxy) is 1. The maximum absolute atomic E-state index is 6.23. The topological polar surface area (TPSA) is 34.2 Å². The highest BCUT2D eigenvalue weighted by Gasteiger charge is 2.21. The molecule has 0 aliphatic heterocycles. The summed E-state index contributed by atoms with van der Waals surface area (Å²) >= 11 is 0. The molecule has 2 unspecified atom stereocenters. The second-order valence-corrected chi connectivity index (χ2v) is 6.52. The molecular weight excluding hydrogens is 248 g/mol. The third-order valence-corrected chi connectivity index (χ3v) is 3.91. The fourth-order valence-corrected chi connectivity index (χ4v) is 2.82. The molecule has 2 rings (SSSR count). The van der Waals surface area contributed by atoms with Crippen molar-refractivity contribution in [2.75, 3.05) is 6.54 Å². The number of hydrogen-bond donors (Lipinski definition) is 1. The highest BCUT2D eigenvalue weighted by Crippen LogP contribution is 2.28. The number of nitrogens with zero attached hydrogens (tertiary/aromatic N) is 1. The predicted molar refractivity (Wildman–Crippen MR) is 82.8 cm³/mol. The zero-order chi connectivity index (χ0) is 14.4. The number of nitrogens with one attached hydrogen (secondary N) is 1. The van der Waals surface area contributed by atoms with Crippen molar-refractivity contribution in [3.05, 3.63) is 24.0 Å². The third kappa shape index (κ3) is 4.78. The van der Waals surface area contributed by atoms with E-state index in [-0.39, 0.29) is 0 Å². The van der Waals surface area contributed by atoms with E-state index in [4.69, 9.17) is 4.74 Å². The zero-order valence-electron chi connectivity index (χ0n) is 13.1. The normalized spacial score (nSPS) is 23.0. The van der Waals surface area contributed by atoms with Gasteiger partial charge in [-0.25, -0.2) is 0 Å². The first-order valence-corrected chi connectivity index (χ1v) is 7.95. The molecule has 0 radical (unpaired) electrons. The summed E-state index contributed by atoms with van der Waals surface area (Å²) in [5, 5.41) is 3.47. The molecular formula is C17H28N2O. The quantitative estimate of drug-likeness (QED) is 0.858. The van der Waals surface area contributed by atoms with Gasteiger partial charge < -0.3 is 10.1 Å². The Morgan fingerprint density at radius 3 is 3.00 bits per heavy atom. The molecule has 1 aromatic rings. The monoisotopic (exact) mass is 276 g/mol.